The van der Waals surface area contributed by atoms with Crippen LogP contribution in [0.25, 0.3) is 0 Å². The number of rotatable bonds is 8. The van der Waals surface area contributed by atoms with E-state index < -0.39 is 0 Å². The SMILES string of the molecule is CCCNC(CC)CCCC1CCOc2ccccc21. The zero-order chi connectivity index (χ0) is 14.2. The summed E-state index contributed by atoms with van der Waals surface area (Å²) >= 11 is 0. The number of benzene rings is 1. The molecule has 0 radical (unpaired) electrons. The van der Waals surface area contributed by atoms with Crippen molar-refractivity contribution in [3.8, 4) is 5.75 Å². The first-order chi connectivity index (χ1) is 9.85. The van der Waals surface area contributed by atoms with Crippen molar-refractivity contribution in [1.29, 1.82) is 0 Å². The smallest absolute Gasteiger partial charge is 0.122 e. The first kappa shape index (κ1) is 15.4. The molecule has 1 aliphatic heterocycles. The number of hydrogen-bond acceptors (Lipinski definition) is 2. The largest absolute Gasteiger partial charge is 0.493 e. The van der Waals surface area contributed by atoms with Gasteiger partial charge in [-0.25, -0.2) is 0 Å². The van der Waals surface area contributed by atoms with Crippen LogP contribution in [-0.2, 0) is 0 Å². The Balaban J connectivity index is 1.80. The number of ether oxygens (including phenoxy) is 1. The highest BCUT2D eigenvalue weighted by Gasteiger charge is 2.20. The predicted octanol–water partition coefficient (Wildman–Crippen LogP) is 4.50. The van der Waals surface area contributed by atoms with E-state index in [1.54, 1.807) is 0 Å². The second-order valence-electron chi connectivity index (χ2n) is 5.86. The minimum Gasteiger partial charge on any atom is -0.493 e. The molecule has 1 heterocycles. The van der Waals surface area contributed by atoms with Gasteiger partial charge in [0.2, 0.25) is 0 Å². The molecule has 112 valence electrons. The Morgan fingerprint density at radius 1 is 1.30 bits per heavy atom. The Morgan fingerprint density at radius 3 is 2.95 bits per heavy atom. The molecule has 0 saturated heterocycles. The number of hydrogen-bond donors (Lipinski definition) is 1. The van der Waals surface area contributed by atoms with Crippen LogP contribution in [0.5, 0.6) is 5.75 Å². The molecule has 2 rings (SSSR count). The van der Waals surface area contributed by atoms with Gasteiger partial charge in [0.1, 0.15) is 5.75 Å². The second-order valence-corrected chi connectivity index (χ2v) is 5.86. The van der Waals surface area contributed by atoms with Crippen molar-refractivity contribution in [2.45, 2.75) is 64.3 Å². The molecule has 1 aliphatic rings. The Labute approximate surface area is 123 Å². The first-order valence-corrected chi connectivity index (χ1v) is 8.30. The lowest BCUT2D eigenvalue weighted by Gasteiger charge is -2.26. The molecule has 1 aromatic carbocycles. The average molecular weight is 275 g/mol. The lowest BCUT2D eigenvalue weighted by molar-refractivity contribution is 0.260. The van der Waals surface area contributed by atoms with Crippen LogP contribution in [0.1, 0.15) is 63.9 Å². The molecule has 0 aromatic heterocycles. The molecular formula is C18H29NO. The highest BCUT2D eigenvalue weighted by molar-refractivity contribution is 5.37. The maximum Gasteiger partial charge on any atom is 0.122 e. The van der Waals surface area contributed by atoms with Crippen LogP contribution >= 0.6 is 0 Å². The zero-order valence-electron chi connectivity index (χ0n) is 13.0. The molecule has 2 unspecified atom stereocenters. The minimum absolute atomic E-state index is 0.698. The van der Waals surface area contributed by atoms with Gasteiger partial charge in [-0.3, -0.25) is 0 Å². The number of para-hydroxylation sites is 1. The van der Waals surface area contributed by atoms with Gasteiger partial charge in [-0.15, -0.1) is 0 Å². The van der Waals surface area contributed by atoms with E-state index in [2.05, 4.69) is 43.4 Å². The third-order valence-corrected chi connectivity index (χ3v) is 4.36. The predicted molar refractivity (Wildman–Crippen MR) is 85.5 cm³/mol. The van der Waals surface area contributed by atoms with E-state index in [0.717, 1.165) is 18.9 Å². The van der Waals surface area contributed by atoms with Crippen LogP contribution < -0.4 is 10.1 Å². The quantitative estimate of drug-likeness (QED) is 0.754. The van der Waals surface area contributed by atoms with Crippen LogP contribution in [0.4, 0.5) is 0 Å². The van der Waals surface area contributed by atoms with E-state index in [1.807, 2.05) is 0 Å². The summed E-state index contributed by atoms with van der Waals surface area (Å²) in [6, 6.07) is 9.26. The van der Waals surface area contributed by atoms with E-state index in [-0.39, 0.29) is 0 Å². The summed E-state index contributed by atoms with van der Waals surface area (Å²) in [6.45, 7) is 6.56. The van der Waals surface area contributed by atoms with Crippen molar-refractivity contribution in [2.75, 3.05) is 13.2 Å². The summed E-state index contributed by atoms with van der Waals surface area (Å²) in [5.41, 5.74) is 1.42. The van der Waals surface area contributed by atoms with Crippen LogP contribution in [-0.4, -0.2) is 19.2 Å². The van der Waals surface area contributed by atoms with Gasteiger partial charge in [0.15, 0.2) is 0 Å². The highest BCUT2D eigenvalue weighted by Crippen LogP contribution is 2.36. The van der Waals surface area contributed by atoms with Gasteiger partial charge < -0.3 is 10.1 Å². The van der Waals surface area contributed by atoms with Gasteiger partial charge in [-0.05, 0) is 56.2 Å². The molecule has 20 heavy (non-hydrogen) atoms. The molecule has 0 fully saturated rings. The Kier molecular flexibility index (Phi) is 6.38. The lowest BCUT2D eigenvalue weighted by Crippen LogP contribution is -2.29. The van der Waals surface area contributed by atoms with Gasteiger partial charge in [-0.1, -0.05) is 38.5 Å². The van der Waals surface area contributed by atoms with Crippen LogP contribution in [0.15, 0.2) is 24.3 Å². The molecule has 1 N–H and O–H groups in total. The van der Waals surface area contributed by atoms with E-state index in [0.29, 0.717) is 12.0 Å². The Hall–Kier alpha value is -1.02. The third kappa shape index (κ3) is 4.24. The maximum absolute atomic E-state index is 5.74. The van der Waals surface area contributed by atoms with E-state index in [9.17, 15) is 0 Å². The average Bonchev–Trinajstić information content (AvgIpc) is 2.51. The summed E-state index contributed by atoms with van der Waals surface area (Å²) in [5, 5.41) is 3.65. The van der Waals surface area contributed by atoms with Crippen molar-refractivity contribution in [3.05, 3.63) is 29.8 Å². The Bertz CT molecular complexity index is 391. The molecule has 0 amide bonds. The van der Waals surface area contributed by atoms with Gasteiger partial charge in [-0.2, -0.15) is 0 Å². The molecular weight excluding hydrogens is 246 g/mol. The molecule has 0 bridgehead atoms. The van der Waals surface area contributed by atoms with E-state index in [4.69, 9.17) is 4.74 Å². The molecule has 0 saturated carbocycles. The molecule has 2 atom stereocenters. The summed E-state index contributed by atoms with van der Waals surface area (Å²) in [6.07, 6.45) is 7.55. The number of nitrogens with one attached hydrogen (secondary N) is 1. The molecule has 0 aliphatic carbocycles. The monoisotopic (exact) mass is 275 g/mol. The first-order valence-electron chi connectivity index (χ1n) is 8.30. The van der Waals surface area contributed by atoms with Crippen molar-refractivity contribution in [3.63, 3.8) is 0 Å². The van der Waals surface area contributed by atoms with Gasteiger partial charge in [0, 0.05) is 6.04 Å². The van der Waals surface area contributed by atoms with Gasteiger partial charge in [0.05, 0.1) is 6.61 Å². The summed E-state index contributed by atoms with van der Waals surface area (Å²) in [4.78, 5) is 0. The van der Waals surface area contributed by atoms with Crippen molar-refractivity contribution >= 4 is 0 Å². The topological polar surface area (TPSA) is 21.3 Å². The maximum atomic E-state index is 5.74. The van der Waals surface area contributed by atoms with Crippen LogP contribution in [0.2, 0.25) is 0 Å². The summed E-state index contributed by atoms with van der Waals surface area (Å²) in [7, 11) is 0. The summed E-state index contributed by atoms with van der Waals surface area (Å²) in [5.74, 6) is 1.81. The third-order valence-electron chi connectivity index (χ3n) is 4.36. The fourth-order valence-corrected chi connectivity index (χ4v) is 3.13. The number of fused-ring (bicyclic) bond motifs is 1. The van der Waals surface area contributed by atoms with Gasteiger partial charge >= 0.3 is 0 Å². The highest BCUT2D eigenvalue weighted by atomic mass is 16.5. The van der Waals surface area contributed by atoms with Gasteiger partial charge in [0.25, 0.3) is 0 Å². The van der Waals surface area contributed by atoms with E-state index in [1.165, 1.54) is 44.1 Å². The minimum atomic E-state index is 0.698. The van der Waals surface area contributed by atoms with Crippen molar-refractivity contribution in [2.24, 2.45) is 0 Å². The molecule has 1 aromatic rings. The standard InChI is InChI=1S/C18H29NO/c1-3-13-19-16(4-2)9-7-8-15-12-14-20-18-11-6-5-10-17(15)18/h5-6,10-11,15-16,19H,3-4,7-9,12-14H2,1-2H3. The normalized spacial score (nSPS) is 19.2. The molecule has 0 spiro atoms. The molecule has 2 heteroatoms. The summed E-state index contributed by atoms with van der Waals surface area (Å²) < 4.78 is 5.74. The van der Waals surface area contributed by atoms with E-state index >= 15 is 0 Å². The van der Waals surface area contributed by atoms with Crippen LogP contribution in [0, 0.1) is 0 Å². The molecule has 2 nitrogen and oxygen atoms in total. The lowest BCUT2D eigenvalue weighted by atomic mass is 9.88. The van der Waals surface area contributed by atoms with Crippen molar-refractivity contribution < 1.29 is 4.74 Å². The Morgan fingerprint density at radius 2 is 2.15 bits per heavy atom. The van der Waals surface area contributed by atoms with Crippen LogP contribution in [0.3, 0.4) is 0 Å². The fourth-order valence-electron chi connectivity index (χ4n) is 3.13. The zero-order valence-corrected chi connectivity index (χ0v) is 13.0. The second kappa shape index (κ2) is 8.31. The van der Waals surface area contributed by atoms with Crippen molar-refractivity contribution in [1.82, 2.24) is 5.32 Å². The fraction of sp³-hybridized carbons (Fsp3) is 0.667.